The number of morpholine rings is 1. The summed E-state index contributed by atoms with van der Waals surface area (Å²) in [6.45, 7) is 4.84. The van der Waals surface area contributed by atoms with Crippen LogP contribution in [-0.4, -0.2) is 130 Å². The van der Waals surface area contributed by atoms with Crippen LogP contribution < -0.4 is 15.2 Å². The van der Waals surface area contributed by atoms with Gasteiger partial charge < -0.3 is 37.6 Å². The van der Waals surface area contributed by atoms with Gasteiger partial charge in [-0.1, -0.05) is 54.6 Å². The van der Waals surface area contributed by atoms with E-state index < -0.39 is 38.1 Å². The van der Waals surface area contributed by atoms with Gasteiger partial charge in [-0.15, -0.1) is 0 Å². The summed E-state index contributed by atoms with van der Waals surface area (Å²) in [5, 5.41) is 9.38. The number of nitriles is 1. The maximum atomic E-state index is 13.8. The molecule has 4 atom stereocenters. The molecule has 0 aliphatic carbocycles. The van der Waals surface area contributed by atoms with E-state index in [0.717, 1.165) is 35.6 Å². The van der Waals surface area contributed by atoms with Gasteiger partial charge in [-0.05, 0) is 82.1 Å². The molecule has 16 heteroatoms. The molecular weight excluding hydrogens is 785 g/mol. The van der Waals surface area contributed by atoms with Gasteiger partial charge in [-0.2, -0.15) is 10.2 Å². The maximum Gasteiger partial charge on any atom is 0.351 e. The average molecular weight is 842 g/mol. The summed E-state index contributed by atoms with van der Waals surface area (Å²) in [4.78, 5) is 28.9. The molecule has 60 heavy (non-hydrogen) atoms. The van der Waals surface area contributed by atoms with Crippen molar-refractivity contribution in [3.05, 3.63) is 118 Å². The molecule has 2 aliphatic rings. The van der Waals surface area contributed by atoms with Gasteiger partial charge in [0.05, 0.1) is 59.2 Å². The molecule has 0 saturated carbocycles. The Bertz CT molecular complexity index is 2040. The second-order valence-electron chi connectivity index (χ2n) is 14.9. The number of nitrogens with zero attached hydrogens (tertiary/aromatic N) is 7. The molecule has 2 aliphatic heterocycles. The van der Waals surface area contributed by atoms with Crippen molar-refractivity contribution in [2.75, 3.05) is 81.9 Å². The van der Waals surface area contributed by atoms with E-state index in [-0.39, 0.29) is 25.5 Å². The SMILES string of the molecule is COc1ccc(C(OC[C@H]2O[C@@H](n3ccc(/N=C(/C)N4CCOCC4)nc3=O)CC2OP(OCCC#N)C(N(C)C)N(C)C)(c2ccccc2)c2ccc(OC)cc2)cc1. The van der Waals surface area contributed by atoms with Crippen molar-refractivity contribution in [2.24, 2.45) is 4.99 Å². The number of ether oxygens (including phenoxy) is 5. The third kappa shape index (κ3) is 10.6. The Morgan fingerprint density at radius 1 is 0.933 bits per heavy atom. The van der Waals surface area contributed by atoms with Gasteiger partial charge in [0.15, 0.2) is 5.82 Å². The smallest absolute Gasteiger partial charge is 0.351 e. The summed E-state index contributed by atoms with van der Waals surface area (Å²) in [5.41, 5.74) is 0.972. The van der Waals surface area contributed by atoms with Crippen molar-refractivity contribution < 1.29 is 32.7 Å². The molecule has 0 spiro atoms. The summed E-state index contributed by atoms with van der Waals surface area (Å²) in [6, 6.07) is 29.6. The van der Waals surface area contributed by atoms with Gasteiger partial charge in [0.1, 0.15) is 41.2 Å². The van der Waals surface area contributed by atoms with E-state index >= 15 is 0 Å². The first-order valence-electron chi connectivity index (χ1n) is 20.0. The van der Waals surface area contributed by atoms with E-state index in [1.165, 1.54) is 4.57 Å². The minimum absolute atomic E-state index is 0.0490. The molecule has 0 radical (unpaired) electrons. The standard InChI is InChI=1S/C44H56N7O8P/c1-32(50-25-28-55-29-26-50)46-40-22-24-51(42(52)47-40)41-30-38(59-60(57-27-11-23-45)43(48(2)3)49(4)5)39(58-41)31-56-44(33-12-9-8-10-13-33,34-14-18-36(53-6)19-15-34)35-16-20-37(54-7)21-17-35/h8-10,12-22,24,38-39,41,43H,11,25-31H2,1-7H3/b46-32-/t38?,39-,41-,60?/m1/s1. The normalized spacial score (nSPS) is 19.2. The number of hydrogen-bond donors (Lipinski definition) is 0. The van der Waals surface area contributed by atoms with Crippen molar-refractivity contribution in [3.63, 3.8) is 0 Å². The molecule has 2 unspecified atom stereocenters. The van der Waals surface area contributed by atoms with Crippen LogP contribution in [0.25, 0.3) is 0 Å². The Hall–Kier alpha value is -4.75. The van der Waals surface area contributed by atoms with Crippen molar-refractivity contribution in [1.29, 1.82) is 5.26 Å². The molecular formula is C44H56N7O8P. The highest BCUT2D eigenvalue weighted by Gasteiger charge is 2.45. The summed E-state index contributed by atoms with van der Waals surface area (Å²) >= 11 is 0. The van der Waals surface area contributed by atoms with Crippen molar-refractivity contribution in [1.82, 2.24) is 24.3 Å². The molecule has 3 aromatic carbocycles. The Balaban J connectivity index is 1.39. The van der Waals surface area contributed by atoms with Crippen LogP contribution in [0.15, 0.2) is 101 Å². The second-order valence-corrected chi connectivity index (χ2v) is 16.4. The topological polar surface area (TPSA) is 145 Å². The highest BCUT2D eigenvalue weighted by Crippen LogP contribution is 2.50. The molecule has 1 aromatic heterocycles. The monoisotopic (exact) mass is 841 g/mol. The van der Waals surface area contributed by atoms with Crippen LogP contribution >= 0.6 is 8.38 Å². The minimum Gasteiger partial charge on any atom is -0.497 e. The van der Waals surface area contributed by atoms with Gasteiger partial charge in [-0.25, -0.2) is 9.79 Å². The second kappa shape index (κ2) is 21.2. The van der Waals surface area contributed by atoms with Gasteiger partial charge in [0, 0.05) is 25.7 Å². The fourth-order valence-electron chi connectivity index (χ4n) is 7.53. The van der Waals surface area contributed by atoms with Crippen LogP contribution in [0.1, 0.15) is 42.7 Å². The predicted molar refractivity (Wildman–Crippen MR) is 230 cm³/mol. The highest BCUT2D eigenvalue weighted by atomic mass is 31.2. The molecule has 2 saturated heterocycles. The molecule has 0 bridgehead atoms. The third-order valence-corrected chi connectivity index (χ3v) is 12.7. The minimum atomic E-state index is -1.65. The van der Waals surface area contributed by atoms with Gasteiger partial charge in [0.25, 0.3) is 0 Å². The van der Waals surface area contributed by atoms with Gasteiger partial charge in [-0.3, -0.25) is 14.4 Å². The van der Waals surface area contributed by atoms with Gasteiger partial charge >= 0.3 is 5.69 Å². The lowest BCUT2D eigenvalue weighted by atomic mass is 9.80. The van der Waals surface area contributed by atoms with Crippen LogP contribution in [0.2, 0.25) is 0 Å². The molecule has 0 amide bonds. The predicted octanol–water partition coefficient (Wildman–Crippen LogP) is 5.97. The fourth-order valence-corrected chi connectivity index (χ4v) is 9.34. The lowest BCUT2D eigenvalue weighted by Crippen LogP contribution is -2.42. The lowest BCUT2D eigenvalue weighted by Gasteiger charge is -2.38. The van der Waals surface area contributed by atoms with E-state index in [0.29, 0.717) is 37.0 Å². The Labute approximate surface area is 353 Å². The van der Waals surface area contributed by atoms with Crippen molar-refractivity contribution in [2.45, 2.75) is 49.7 Å². The van der Waals surface area contributed by atoms with Crippen LogP contribution in [0, 0.1) is 11.3 Å². The van der Waals surface area contributed by atoms with Crippen molar-refractivity contribution >= 4 is 20.0 Å². The summed E-state index contributed by atoms with van der Waals surface area (Å²) in [7, 11) is 9.46. The van der Waals surface area contributed by atoms with Crippen LogP contribution in [0.5, 0.6) is 11.5 Å². The van der Waals surface area contributed by atoms with E-state index in [1.54, 1.807) is 26.5 Å². The molecule has 0 N–H and O–H groups in total. The lowest BCUT2D eigenvalue weighted by molar-refractivity contribution is -0.0922. The summed E-state index contributed by atoms with van der Waals surface area (Å²) < 4.78 is 45.5. The number of rotatable bonds is 18. The quantitative estimate of drug-likeness (QED) is 0.0290. The number of benzene rings is 3. The molecule has 15 nitrogen and oxygen atoms in total. The number of methoxy groups -OCH3 is 2. The van der Waals surface area contributed by atoms with E-state index in [9.17, 15) is 10.1 Å². The van der Waals surface area contributed by atoms with Crippen molar-refractivity contribution in [3.8, 4) is 17.6 Å². The zero-order valence-corrected chi connectivity index (χ0v) is 36.4. The third-order valence-electron chi connectivity index (χ3n) is 10.5. The van der Waals surface area contributed by atoms with Crippen LogP contribution in [-0.2, 0) is 28.9 Å². The summed E-state index contributed by atoms with van der Waals surface area (Å²) in [6.07, 6.45) is 0.141. The maximum absolute atomic E-state index is 13.8. The largest absolute Gasteiger partial charge is 0.497 e. The Morgan fingerprint density at radius 2 is 1.53 bits per heavy atom. The Morgan fingerprint density at radius 3 is 2.08 bits per heavy atom. The van der Waals surface area contributed by atoms with Crippen LogP contribution in [0.4, 0.5) is 5.82 Å². The van der Waals surface area contributed by atoms with E-state index in [4.69, 9.17) is 32.7 Å². The first-order valence-corrected chi connectivity index (χ1v) is 21.2. The first kappa shape index (κ1) is 44.8. The van der Waals surface area contributed by atoms with E-state index in [1.807, 2.05) is 124 Å². The Kier molecular flexibility index (Phi) is 15.8. The first-order chi connectivity index (χ1) is 29.1. The zero-order valence-electron chi connectivity index (χ0n) is 35.5. The zero-order chi connectivity index (χ0) is 42.6. The number of aliphatic imine (C=N–C) groups is 1. The summed E-state index contributed by atoms with van der Waals surface area (Å²) in [5.74, 6) is 2.23. The molecule has 3 heterocycles. The molecule has 320 valence electrons. The molecule has 6 rings (SSSR count). The van der Waals surface area contributed by atoms with Gasteiger partial charge in [0.2, 0.25) is 8.38 Å². The number of amidine groups is 1. The molecule has 4 aromatic rings. The number of hydrogen-bond acceptors (Lipinski definition) is 13. The molecule has 2 fully saturated rings. The average Bonchev–Trinajstić information content (AvgIpc) is 3.66. The van der Waals surface area contributed by atoms with Crippen LogP contribution in [0.3, 0.4) is 0 Å². The fraction of sp³-hybridized carbons (Fsp3) is 0.455. The highest BCUT2D eigenvalue weighted by molar-refractivity contribution is 7.47. The number of aromatic nitrogens is 2. The van der Waals surface area contributed by atoms with E-state index in [2.05, 4.69) is 20.9 Å².